The number of rotatable bonds is 19. The Balaban J connectivity index is 1.12. The summed E-state index contributed by atoms with van der Waals surface area (Å²) in [6.07, 6.45) is -7.63. The monoisotopic (exact) mass is 790 g/mol. The Labute approximate surface area is 341 Å². The summed E-state index contributed by atoms with van der Waals surface area (Å²) in [6, 6.07) is 49.6. The van der Waals surface area contributed by atoms with Crippen molar-refractivity contribution in [3.63, 3.8) is 0 Å². The molecule has 2 aliphatic rings. The summed E-state index contributed by atoms with van der Waals surface area (Å²) < 4.78 is 58.3. The van der Waals surface area contributed by atoms with E-state index in [1.165, 1.54) is 0 Å². The molecule has 2 heterocycles. The average molecular weight is 791 g/mol. The van der Waals surface area contributed by atoms with Gasteiger partial charge in [-0.3, -0.25) is 0 Å². The van der Waals surface area contributed by atoms with Gasteiger partial charge in [-0.1, -0.05) is 152 Å². The number of aliphatic hydroxyl groups is 1. The number of aliphatic hydroxyl groups excluding tert-OH is 1. The van der Waals surface area contributed by atoms with Crippen molar-refractivity contribution in [1.29, 1.82) is 0 Å². The highest BCUT2D eigenvalue weighted by Gasteiger charge is 2.50. The molecule has 5 aromatic carbocycles. The molecule has 0 saturated carbocycles. The van der Waals surface area contributed by atoms with E-state index in [9.17, 15) is 5.11 Å². The summed E-state index contributed by atoms with van der Waals surface area (Å²) in [6.45, 7) is 3.38. The van der Waals surface area contributed by atoms with Gasteiger partial charge in [-0.2, -0.15) is 0 Å². The van der Waals surface area contributed by atoms with Crippen LogP contribution in [0.25, 0.3) is 0 Å². The van der Waals surface area contributed by atoms with Crippen molar-refractivity contribution in [1.82, 2.24) is 0 Å². The molecule has 0 bridgehead atoms. The van der Waals surface area contributed by atoms with Crippen LogP contribution in [-0.2, 0) is 75.7 Å². The molecule has 5 aromatic rings. The van der Waals surface area contributed by atoms with Crippen LogP contribution in [0.3, 0.4) is 0 Å². The lowest BCUT2D eigenvalue weighted by Crippen LogP contribution is -2.62. The van der Waals surface area contributed by atoms with Crippen LogP contribution in [-0.4, -0.2) is 80.2 Å². The summed E-state index contributed by atoms with van der Waals surface area (Å²) in [7, 11) is 1.55. The molecule has 0 unspecified atom stereocenters. The highest BCUT2D eigenvalue weighted by Crippen LogP contribution is 2.33. The first kappa shape index (κ1) is 41.8. The summed E-state index contributed by atoms with van der Waals surface area (Å²) in [5, 5.41) is 12.0. The highest BCUT2D eigenvalue weighted by atomic mass is 16.7. The second kappa shape index (κ2) is 21.6. The van der Waals surface area contributed by atoms with Gasteiger partial charge in [0.2, 0.25) is 0 Å². The minimum Gasteiger partial charge on any atom is -0.387 e. The van der Waals surface area contributed by atoms with Crippen LogP contribution in [0.5, 0.6) is 0 Å². The second-order valence-corrected chi connectivity index (χ2v) is 14.6. The van der Waals surface area contributed by atoms with E-state index in [1.54, 1.807) is 7.11 Å². The molecule has 58 heavy (non-hydrogen) atoms. The fourth-order valence-corrected chi connectivity index (χ4v) is 7.31. The fourth-order valence-electron chi connectivity index (χ4n) is 7.31. The van der Waals surface area contributed by atoms with Crippen LogP contribution in [0.15, 0.2) is 152 Å². The maximum Gasteiger partial charge on any atom is 0.186 e. The van der Waals surface area contributed by atoms with Crippen LogP contribution < -0.4 is 0 Å². The van der Waals surface area contributed by atoms with E-state index in [-0.39, 0.29) is 26.4 Å². The molecule has 7 rings (SSSR count). The molecule has 2 saturated heterocycles. The number of ether oxygens (including phenoxy) is 9. The zero-order valence-electron chi connectivity index (χ0n) is 33.1. The standard InChI is InChI=1S/C48H54O10/c1-34-42(51-28-35-18-8-3-9-19-35)44(53-30-37-22-12-5-13-23-37)46(55-32-39-26-16-7-17-27-39)48(57-34)56-33-40-41(49)43(52-29-36-20-10-4-11-21-36)45(47(50-2)58-40)54-31-38-24-14-6-15-25-38/h3-27,34,40-49H,28-33H2,1-2H3/t34-,40+,41-,42-,43-,44+,45+,46+,47-,48-/m0/s1. The lowest BCUT2D eigenvalue weighted by atomic mass is 9.97. The Morgan fingerprint density at radius 2 is 0.759 bits per heavy atom. The van der Waals surface area contributed by atoms with Gasteiger partial charge in [-0.05, 0) is 34.7 Å². The predicted octanol–water partition coefficient (Wildman–Crippen LogP) is 7.41. The zero-order chi connectivity index (χ0) is 39.9. The fraction of sp³-hybridized carbons (Fsp3) is 0.375. The van der Waals surface area contributed by atoms with Crippen molar-refractivity contribution in [2.24, 2.45) is 0 Å². The van der Waals surface area contributed by atoms with Crippen LogP contribution in [0.2, 0.25) is 0 Å². The molecule has 0 aliphatic carbocycles. The minimum absolute atomic E-state index is 0.0683. The highest BCUT2D eigenvalue weighted by molar-refractivity contribution is 5.17. The molecule has 2 fully saturated rings. The molecular weight excluding hydrogens is 737 g/mol. The molecule has 10 nitrogen and oxygen atoms in total. The normalized spacial score (nSPS) is 27.3. The van der Waals surface area contributed by atoms with Gasteiger partial charge in [0.1, 0.15) is 42.7 Å². The quantitative estimate of drug-likeness (QED) is 0.0911. The van der Waals surface area contributed by atoms with E-state index in [0.717, 1.165) is 27.8 Å². The van der Waals surface area contributed by atoms with Crippen LogP contribution in [0.1, 0.15) is 34.7 Å². The van der Waals surface area contributed by atoms with Gasteiger partial charge in [-0.25, -0.2) is 0 Å². The summed E-state index contributed by atoms with van der Waals surface area (Å²) in [4.78, 5) is 0. The summed E-state index contributed by atoms with van der Waals surface area (Å²) in [5.41, 5.74) is 4.95. The van der Waals surface area contributed by atoms with E-state index in [0.29, 0.717) is 13.2 Å². The number of benzene rings is 5. The third-order valence-corrected chi connectivity index (χ3v) is 10.4. The van der Waals surface area contributed by atoms with Gasteiger partial charge in [0.15, 0.2) is 12.6 Å². The van der Waals surface area contributed by atoms with E-state index in [4.69, 9.17) is 42.6 Å². The van der Waals surface area contributed by atoms with Crippen molar-refractivity contribution >= 4 is 0 Å². The SMILES string of the molecule is CO[C@H]1O[C@H](CO[C@H]2O[C@@H](C)[C@H](OCc3ccccc3)[C@@H](OCc3ccccc3)[C@H]2OCc2ccccc2)[C@H](O)[C@H](OCc2ccccc2)[C@H]1OCc1ccccc1. The molecular formula is C48H54O10. The van der Waals surface area contributed by atoms with E-state index >= 15 is 0 Å². The van der Waals surface area contributed by atoms with Gasteiger partial charge >= 0.3 is 0 Å². The second-order valence-electron chi connectivity index (χ2n) is 14.6. The predicted molar refractivity (Wildman–Crippen MR) is 217 cm³/mol. The minimum atomic E-state index is -1.15. The summed E-state index contributed by atoms with van der Waals surface area (Å²) >= 11 is 0. The average Bonchev–Trinajstić information content (AvgIpc) is 3.27. The topological polar surface area (TPSA) is 103 Å². The third kappa shape index (κ3) is 11.5. The molecule has 10 atom stereocenters. The van der Waals surface area contributed by atoms with Crippen molar-refractivity contribution in [3.05, 3.63) is 179 Å². The van der Waals surface area contributed by atoms with Gasteiger partial charge in [0.05, 0.1) is 45.7 Å². The van der Waals surface area contributed by atoms with E-state index in [1.807, 2.05) is 159 Å². The van der Waals surface area contributed by atoms with Crippen molar-refractivity contribution < 1.29 is 47.7 Å². The van der Waals surface area contributed by atoms with Crippen LogP contribution in [0, 0.1) is 0 Å². The van der Waals surface area contributed by atoms with Crippen LogP contribution in [0.4, 0.5) is 0 Å². The first-order valence-electron chi connectivity index (χ1n) is 20.0. The summed E-state index contributed by atoms with van der Waals surface area (Å²) in [5.74, 6) is 0. The van der Waals surface area contributed by atoms with Gasteiger partial charge < -0.3 is 47.7 Å². The van der Waals surface area contributed by atoms with E-state index < -0.39 is 61.4 Å². The maximum atomic E-state index is 12.0. The molecule has 306 valence electrons. The number of hydrogen-bond donors (Lipinski definition) is 1. The molecule has 2 aliphatic heterocycles. The smallest absolute Gasteiger partial charge is 0.186 e. The lowest BCUT2D eigenvalue weighted by Gasteiger charge is -2.46. The van der Waals surface area contributed by atoms with Gasteiger partial charge in [-0.15, -0.1) is 0 Å². The number of methoxy groups -OCH3 is 1. The molecule has 10 heteroatoms. The van der Waals surface area contributed by atoms with E-state index in [2.05, 4.69) is 0 Å². The number of hydrogen-bond acceptors (Lipinski definition) is 10. The first-order valence-corrected chi connectivity index (χ1v) is 20.0. The first-order chi connectivity index (χ1) is 28.6. The van der Waals surface area contributed by atoms with Crippen molar-refractivity contribution in [3.8, 4) is 0 Å². The lowest BCUT2D eigenvalue weighted by molar-refractivity contribution is -0.344. The molecule has 0 radical (unpaired) electrons. The van der Waals surface area contributed by atoms with Gasteiger partial charge in [0.25, 0.3) is 0 Å². The Bertz CT molecular complexity index is 1870. The Hall–Kier alpha value is -4.30. The Kier molecular flexibility index (Phi) is 15.6. The molecule has 0 amide bonds. The largest absolute Gasteiger partial charge is 0.387 e. The van der Waals surface area contributed by atoms with Gasteiger partial charge in [0, 0.05) is 7.11 Å². The zero-order valence-corrected chi connectivity index (χ0v) is 33.1. The van der Waals surface area contributed by atoms with Crippen LogP contribution >= 0.6 is 0 Å². The Morgan fingerprint density at radius 3 is 1.16 bits per heavy atom. The van der Waals surface area contributed by atoms with Crippen molar-refractivity contribution in [2.75, 3.05) is 13.7 Å². The molecule has 1 N–H and O–H groups in total. The maximum absolute atomic E-state index is 12.0. The Morgan fingerprint density at radius 1 is 0.414 bits per heavy atom. The molecule has 0 aromatic heterocycles. The molecule has 0 spiro atoms. The van der Waals surface area contributed by atoms with Crippen molar-refractivity contribution in [2.45, 2.75) is 101 Å². The third-order valence-electron chi connectivity index (χ3n) is 10.4.